The predicted octanol–water partition coefficient (Wildman–Crippen LogP) is 4.45. The monoisotopic (exact) mass is 598 g/mol. The highest BCUT2D eigenvalue weighted by molar-refractivity contribution is 6.03. The number of hydrogen-bond acceptors (Lipinski definition) is 9. The van der Waals surface area contributed by atoms with Crippen molar-refractivity contribution >= 4 is 23.7 Å². The van der Waals surface area contributed by atoms with Crippen LogP contribution in [-0.4, -0.2) is 52.0 Å². The number of halogens is 1. The fourth-order valence-corrected chi connectivity index (χ4v) is 4.45. The van der Waals surface area contributed by atoms with Gasteiger partial charge in [0, 0.05) is 16.7 Å². The minimum absolute atomic E-state index is 0.0524. The lowest BCUT2D eigenvalue weighted by Crippen LogP contribution is -2.47. The number of rotatable bonds is 9. The maximum absolute atomic E-state index is 16.2. The number of azide groups is 1. The summed E-state index contributed by atoms with van der Waals surface area (Å²) >= 11 is 0. The van der Waals surface area contributed by atoms with Crippen molar-refractivity contribution in [3.05, 3.63) is 141 Å². The second-order valence-corrected chi connectivity index (χ2v) is 9.44. The van der Waals surface area contributed by atoms with E-state index in [0.717, 1.165) is 10.8 Å². The summed E-state index contributed by atoms with van der Waals surface area (Å²) in [5.41, 5.74) is 6.45. The van der Waals surface area contributed by atoms with Gasteiger partial charge < -0.3 is 19.5 Å². The van der Waals surface area contributed by atoms with E-state index in [2.05, 4.69) is 20.3 Å². The molecular formula is C30H23FN6O7. The van der Waals surface area contributed by atoms with Crippen molar-refractivity contribution in [3.8, 4) is 0 Å². The molecule has 222 valence electrons. The maximum atomic E-state index is 16.2. The molecule has 14 heteroatoms. The standard InChI is InChI=1S/C30H23FN6O7/c31-23-24(43-28(40)21-14-8-3-9-15-21)30(35-36-32,18-42-27(39)20-12-6-2-7-13-20)44-26(23)37-17-16-22(34-29(37)41)33-25(38)19-10-4-1-5-11-19/h1-17,23-24,26H,18H2,(H,33,34,38,41)/t23-,24-,26+,30+/m0/s1. The molecule has 0 bridgehead atoms. The number of amides is 1. The van der Waals surface area contributed by atoms with Gasteiger partial charge in [-0.05, 0) is 48.0 Å². The molecule has 44 heavy (non-hydrogen) atoms. The SMILES string of the molecule is [N-]=[N+]=N[C@]1(COC(=O)c2ccccc2)O[C@@H](n2ccc(NC(=O)c3ccccc3)nc2=O)[C@@H](F)[C@@H]1OC(=O)c1ccccc1. The van der Waals surface area contributed by atoms with E-state index < -0.39 is 54.4 Å². The summed E-state index contributed by atoms with van der Waals surface area (Å²) in [5.74, 6) is -2.50. The Bertz CT molecular complexity index is 1770. The summed E-state index contributed by atoms with van der Waals surface area (Å²) in [5, 5.41) is 6.04. The van der Waals surface area contributed by atoms with Crippen molar-refractivity contribution in [1.29, 1.82) is 0 Å². The summed E-state index contributed by atoms with van der Waals surface area (Å²) in [6, 6.07) is 24.8. The number of benzene rings is 3. The molecule has 2 heterocycles. The first-order chi connectivity index (χ1) is 21.3. The van der Waals surface area contributed by atoms with Gasteiger partial charge in [-0.1, -0.05) is 59.7 Å². The molecule has 0 spiro atoms. The summed E-state index contributed by atoms with van der Waals surface area (Å²) in [6.07, 6.45) is -5.02. The number of hydrogen-bond donors (Lipinski definition) is 1. The molecule has 0 saturated carbocycles. The number of anilines is 1. The lowest BCUT2D eigenvalue weighted by Gasteiger charge is -2.28. The van der Waals surface area contributed by atoms with Crippen LogP contribution >= 0.6 is 0 Å². The zero-order chi connectivity index (χ0) is 31.1. The van der Waals surface area contributed by atoms with Crippen molar-refractivity contribution in [1.82, 2.24) is 9.55 Å². The zero-order valence-corrected chi connectivity index (χ0v) is 22.7. The lowest BCUT2D eigenvalue weighted by atomic mass is 10.1. The quantitative estimate of drug-likeness (QED) is 0.127. The van der Waals surface area contributed by atoms with E-state index >= 15 is 4.39 Å². The molecule has 5 rings (SSSR count). The Morgan fingerprint density at radius 1 is 0.932 bits per heavy atom. The topological polar surface area (TPSA) is 175 Å². The molecule has 1 aliphatic heterocycles. The fourth-order valence-electron chi connectivity index (χ4n) is 4.45. The third-order valence-electron chi connectivity index (χ3n) is 6.59. The van der Waals surface area contributed by atoms with Gasteiger partial charge in [-0.25, -0.2) is 18.8 Å². The Hall–Kier alpha value is -5.85. The van der Waals surface area contributed by atoms with Crippen LogP contribution in [-0.2, 0) is 14.2 Å². The normalized spacial score (nSPS) is 20.6. The van der Waals surface area contributed by atoms with Crippen LogP contribution in [0.15, 0.2) is 113 Å². The molecule has 13 nitrogen and oxygen atoms in total. The Balaban J connectivity index is 1.45. The second-order valence-electron chi connectivity index (χ2n) is 9.44. The van der Waals surface area contributed by atoms with Gasteiger partial charge in [0.2, 0.25) is 5.72 Å². The molecule has 1 saturated heterocycles. The molecule has 1 amide bonds. The summed E-state index contributed by atoms with van der Waals surface area (Å²) in [6.45, 7) is -0.873. The number of carbonyl (C=O) groups is 3. The molecule has 4 aromatic rings. The molecule has 1 N–H and O–H groups in total. The van der Waals surface area contributed by atoms with Crippen LogP contribution in [0.3, 0.4) is 0 Å². The highest BCUT2D eigenvalue weighted by Gasteiger charge is 2.60. The minimum Gasteiger partial charge on any atom is -0.459 e. The van der Waals surface area contributed by atoms with Crippen molar-refractivity contribution < 1.29 is 33.0 Å². The van der Waals surface area contributed by atoms with E-state index in [1.54, 1.807) is 66.7 Å². The van der Waals surface area contributed by atoms with Gasteiger partial charge in [-0.15, -0.1) is 0 Å². The van der Waals surface area contributed by atoms with Crippen LogP contribution in [0.1, 0.15) is 37.3 Å². The average Bonchev–Trinajstić information content (AvgIpc) is 3.31. The van der Waals surface area contributed by atoms with Gasteiger partial charge in [0.15, 0.2) is 18.5 Å². The molecule has 1 aliphatic rings. The van der Waals surface area contributed by atoms with Gasteiger partial charge in [-0.2, -0.15) is 4.98 Å². The first-order valence-corrected chi connectivity index (χ1v) is 13.1. The van der Waals surface area contributed by atoms with Crippen molar-refractivity contribution in [2.45, 2.75) is 24.2 Å². The highest BCUT2D eigenvalue weighted by Crippen LogP contribution is 2.42. The number of aromatic nitrogens is 2. The van der Waals surface area contributed by atoms with Crippen LogP contribution in [0, 0.1) is 0 Å². The molecule has 3 aromatic carbocycles. The second kappa shape index (κ2) is 13.0. The summed E-state index contributed by atoms with van der Waals surface area (Å²) < 4.78 is 33.5. The number of carbonyl (C=O) groups excluding carboxylic acids is 3. The van der Waals surface area contributed by atoms with Gasteiger partial charge in [0.25, 0.3) is 5.91 Å². The number of esters is 2. The smallest absolute Gasteiger partial charge is 0.351 e. The molecule has 4 atom stereocenters. The number of alkyl halides is 1. The van der Waals surface area contributed by atoms with Crippen LogP contribution in [0.4, 0.5) is 10.2 Å². The number of nitrogens with one attached hydrogen (secondary N) is 1. The Labute approximate surface area is 248 Å². The lowest BCUT2D eigenvalue weighted by molar-refractivity contribution is -0.129. The van der Waals surface area contributed by atoms with E-state index in [-0.39, 0.29) is 16.9 Å². The third-order valence-corrected chi connectivity index (χ3v) is 6.59. The fraction of sp³-hybridized carbons (Fsp3) is 0.167. The molecule has 0 aliphatic carbocycles. The predicted molar refractivity (Wildman–Crippen MR) is 152 cm³/mol. The van der Waals surface area contributed by atoms with Gasteiger partial charge in [-0.3, -0.25) is 9.36 Å². The van der Waals surface area contributed by atoms with Crippen LogP contribution < -0.4 is 11.0 Å². The van der Waals surface area contributed by atoms with Crippen LogP contribution in [0.2, 0.25) is 0 Å². The largest absolute Gasteiger partial charge is 0.459 e. The van der Waals surface area contributed by atoms with Crippen molar-refractivity contribution in [2.24, 2.45) is 5.11 Å². The van der Waals surface area contributed by atoms with E-state index in [1.807, 2.05) is 0 Å². The average molecular weight is 599 g/mol. The Morgan fingerprint density at radius 2 is 1.50 bits per heavy atom. The Morgan fingerprint density at radius 3 is 2.07 bits per heavy atom. The first kappa shape index (κ1) is 29.6. The molecule has 1 fully saturated rings. The van der Waals surface area contributed by atoms with Crippen molar-refractivity contribution in [2.75, 3.05) is 11.9 Å². The molecule has 0 radical (unpaired) electrons. The third kappa shape index (κ3) is 6.31. The maximum Gasteiger partial charge on any atom is 0.351 e. The van der Waals surface area contributed by atoms with Crippen LogP contribution in [0.5, 0.6) is 0 Å². The number of ether oxygens (including phenoxy) is 3. The minimum atomic E-state index is -2.42. The van der Waals surface area contributed by atoms with E-state index in [4.69, 9.17) is 14.2 Å². The van der Waals surface area contributed by atoms with E-state index in [9.17, 15) is 24.7 Å². The zero-order valence-electron chi connectivity index (χ0n) is 22.7. The van der Waals surface area contributed by atoms with Crippen LogP contribution in [0.25, 0.3) is 10.4 Å². The van der Waals surface area contributed by atoms with Gasteiger partial charge >= 0.3 is 17.6 Å². The summed E-state index contributed by atoms with van der Waals surface area (Å²) in [4.78, 5) is 57.7. The van der Waals surface area contributed by atoms with E-state index in [1.165, 1.54) is 30.3 Å². The molecule has 1 aromatic heterocycles. The molecular weight excluding hydrogens is 575 g/mol. The van der Waals surface area contributed by atoms with Crippen molar-refractivity contribution in [3.63, 3.8) is 0 Å². The van der Waals surface area contributed by atoms with E-state index in [0.29, 0.717) is 5.56 Å². The van der Waals surface area contributed by atoms with Gasteiger partial charge in [0.1, 0.15) is 12.4 Å². The first-order valence-electron chi connectivity index (χ1n) is 13.1. The summed E-state index contributed by atoms with van der Waals surface area (Å²) in [7, 11) is 0. The highest BCUT2D eigenvalue weighted by atomic mass is 19.1. The van der Waals surface area contributed by atoms with Gasteiger partial charge in [0.05, 0.1) is 11.1 Å². The Kier molecular flexibility index (Phi) is 8.74. The number of nitrogens with zero attached hydrogens (tertiary/aromatic N) is 5. The molecule has 0 unspecified atom stereocenters.